The average Bonchev–Trinajstić information content (AvgIpc) is 2.98. The molecular formula is C21H22FNO5. The van der Waals surface area contributed by atoms with E-state index in [1.807, 2.05) is 0 Å². The van der Waals surface area contributed by atoms with Crippen LogP contribution in [-0.4, -0.2) is 49.1 Å². The first-order valence-electron chi connectivity index (χ1n) is 8.97. The Labute approximate surface area is 162 Å². The summed E-state index contributed by atoms with van der Waals surface area (Å²) >= 11 is 0. The Bertz CT molecular complexity index is 816. The zero-order chi connectivity index (χ0) is 20.1. The smallest absolute Gasteiger partial charge is 0.338 e. The zero-order valence-corrected chi connectivity index (χ0v) is 15.4. The lowest BCUT2D eigenvalue weighted by atomic mass is 9.95. The van der Waals surface area contributed by atoms with E-state index in [1.54, 1.807) is 60.7 Å². The number of rotatable bonds is 6. The molecule has 2 aromatic rings. The van der Waals surface area contributed by atoms with Gasteiger partial charge in [0.15, 0.2) is 17.9 Å². The molecule has 4 atom stereocenters. The first kappa shape index (κ1) is 20.0. The molecule has 28 heavy (non-hydrogen) atoms. The summed E-state index contributed by atoms with van der Waals surface area (Å²) in [6.45, 7) is 0.992. The Balaban J connectivity index is 1.76. The van der Waals surface area contributed by atoms with Crippen LogP contribution in [0.4, 0.5) is 4.39 Å². The highest BCUT2D eigenvalue weighted by molar-refractivity contribution is 5.90. The molecule has 1 fully saturated rings. The molecule has 0 saturated carbocycles. The topological polar surface area (TPSA) is 87.8 Å². The molecule has 6 nitrogen and oxygen atoms in total. The Kier molecular flexibility index (Phi) is 6.06. The fourth-order valence-corrected chi connectivity index (χ4v) is 3.15. The van der Waals surface area contributed by atoms with Gasteiger partial charge in [0, 0.05) is 6.54 Å². The maximum absolute atomic E-state index is 14.8. The van der Waals surface area contributed by atoms with Gasteiger partial charge in [0.2, 0.25) is 0 Å². The summed E-state index contributed by atoms with van der Waals surface area (Å²) in [5, 5.41) is 0. The highest BCUT2D eigenvalue weighted by atomic mass is 19.1. The van der Waals surface area contributed by atoms with E-state index in [4.69, 9.17) is 19.9 Å². The van der Waals surface area contributed by atoms with Crippen molar-refractivity contribution in [2.45, 2.75) is 30.9 Å². The summed E-state index contributed by atoms with van der Waals surface area (Å²) in [5.41, 5.74) is 5.01. The second-order valence-electron chi connectivity index (χ2n) is 6.67. The third-order valence-corrected chi connectivity index (χ3v) is 4.72. The molecule has 0 amide bonds. The van der Waals surface area contributed by atoms with Gasteiger partial charge in [-0.25, -0.2) is 14.0 Å². The lowest BCUT2D eigenvalue weighted by Gasteiger charge is -2.32. The van der Waals surface area contributed by atoms with E-state index < -0.39 is 35.9 Å². The summed E-state index contributed by atoms with van der Waals surface area (Å²) in [6, 6.07) is 16.6. The molecule has 2 aromatic carbocycles. The highest BCUT2D eigenvalue weighted by Gasteiger charge is 2.57. The van der Waals surface area contributed by atoms with Crippen LogP contribution in [0.25, 0.3) is 0 Å². The average molecular weight is 387 g/mol. The van der Waals surface area contributed by atoms with E-state index in [0.717, 1.165) is 0 Å². The Morgan fingerprint density at radius 3 is 2.11 bits per heavy atom. The molecule has 1 aliphatic heterocycles. The third kappa shape index (κ3) is 4.05. The highest BCUT2D eigenvalue weighted by Crippen LogP contribution is 2.36. The van der Waals surface area contributed by atoms with Crippen LogP contribution >= 0.6 is 0 Å². The Hall–Kier alpha value is -2.77. The molecule has 0 aliphatic carbocycles. The number of esters is 2. The number of benzene rings is 2. The van der Waals surface area contributed by atoms with Crippen molar-refractivity contribution in [1.82, 2.24) is 0 Å². The fourth-order valence-electron chi connectivity index (χ4n) is 3.15. The molecule has 3 rings (SSSR count). The standard InChI is InChI=1S/C21H22FNO5/c1-14-17(22)18(27-20(25)16-10-6-3-7-11-16)21(12-23,28-14)13-26-19(24)15-8-4-2-5-9-15/h2-11,14,17-18H,12-13,23H2,1H3/t14?,17-,18-,21+/m0/s1. The van der Waals surface area contributed by atoms with Crippen LogP contribution in [0.3, 0.4) is 0 Å². The van der Waals surface area contributed by atoms with Crippen LogP contribution in [-0.2, 0) is 14.2 Å². The van der Waals surface area contributed by atoms with Crippen LogP contribution in [0, 0.1) is 0 Å². The number of hydrogen-bond acceptors (Lipinski definition) is 6. The van der Waals surface area contributed by atoms with Gasteiger partial charge in [0.05, 0.1) is 17.2 Å². The number of nitrogens with two attached hydrogens (primary N) is 1. The molecule has 1 saturated heterocycles. The lowest BCUT2D eigenvalue weighted by molar-refractivity contribution is -0.109. The van der Waals surface area contributed by atoms with Gasteiger partial charge in [-0.05, 0) is 31.2 Å². The number of halogens is 1. The molecule has 7 heteroatoms. The molecular weight excluding hydrogens is 365 g/mol. The minimum atomic E-state index is -1.60. The van der Waals surface area contributed by atoms with Crippen LogP contribution < -0.4 is 5.73 Å². The number of alkyl halides is 1. The summed E-state index contributed by atoms with van der Waals surface area (Å²) < 4.78 is 31.2. The summed E-state index contributed by atoms with van der Waals surface area (Å²) in [6.07, 6.45) is -3.78. The fraction of sp³-hybridized carbons (Fsp3) is 0.333. The van der Waals surface area contributed by atoms with E-state index in [9.17, 15) is 14.0 Å². The number of carbonyl (C=O) groups excluding carboxylic acids is 2. The monoisotopic (exact) mass is 387 g/mol. The van der Waals surface area contributed by atoms with Gasteiger partial charge in [-0.15, -0.1) is 0 Å². The van der Waals surface area contributed by atoms with Crippen molar-refractivity contribution in [3.05, 3.63) is 71.8 Å². The second kappa shape index (κ2) is 8.50. The first-order chi connectivity index (χ1) is 13.5. The van der Waals surface area contributed by atoms with Crippen molar-refractivity contribution in [3.63, 3.8) is 0 Å². The second-order valence-corrected chi connectivity index (χ2v) is 6.67. The van der Waals surface area contributed by atoms with E-state index in [-0.39, 0.29) is 18.7 Å². The van der Waals surface area contributed by atoms with Gasteiger partial charge >= 0.3 is 11.9 Å². The van der Waals surface area contributed by atoms with Crippen molar-refractivity contribution in [3.8, 4) is 0 Å². The van der Waals surface area contributed by atoms with E-state index in [2.05, 4.69) is 0 Å². The van der Waals surface area contributed by atoms with Crippen LogP contribution in [0.5, 0.6) is 0 Å². The molecule has 1 aliphatic rings. The van der Waals surface area contributed by atoms with E-state index >= 15 is 0 Å². The molecule has 0 aromatic heterocycles. The van der Waals surface area contributed by atoms with Gasteiger partial charge in [-0.2, -0.15) is 0 Å². The van der Waals surface area contributed by atoms with Crippen molar-refractivity contribution in [2.24, 2.45) is 5.73 Å². The van der Waals surface area contributed by atoms with Crippen LogP contribution in [0.2, 0.25) is 0 Å². The quantitative estimate of drug-likeness (QED) is 0.767. The molecule has 1 heterocycles. The maximum Gasteiger partial charge on any atom is 0.338 e. The SMILES string of the molecule is CC1O[C@](CN)(COC(=O)c2ccccc2)[C@@H](OC(=O)c2ccccc2)[C@H]1F. The minimum absolute atomic E-state index is 0.188. The van der Waals surface area contributed by atoms with Crippen molar-refractivity contribution in [1.29, 1.82) is 0 Å². The normalized spacial score (nSPS) is 26.6. The van der Waals surface area contributed by atoms with Crippen molar-refractivity contribution in [2.75, 3.05) is 13.2 Å². The van der Waals surface area contributed by atoms with Crippen LogP contribution in [0.15, 0.2) is 60.7 Å². The predicted molar refractivity (Wildman–Crippen MR) is 99.6 cm³/mol. The number of ether oxygens (including phenoxy) is 3. The van der Waals surface area contributed by atoms with Gasteiger partial charge in [0.25, 0.3) is 0 Å². The number of carbonyl (C=O) groups is 2. The minimum Gasteiger partial charge on any atom is -0.459 e. The zero-order valence-electron chi connectivity index (χ0n) is 15.4. The Morgan fingerprint density at radius 1 is 1.04 bits per heavy atom. The molecule has 0 spiro atoms. The number of hydrogen-bond donors (Lipinski definition) is 1. The summed E-state index contributed by atoms with van der Waals surface area (Å²) in [5.74, 6) is -1.29. The molecule has 0 bridgehead atoms. The van der Waals surface area contributed by atoms with Crippen LogP contribution in [0.1, 0.15) is 27.6 Å². The maximum atomic E-state index is 14.8. The van der Waals surface area contributed by atoms with Crippen molar-refractivity contribution >= 4 is 11.9 Å². The van der Waals surface area contributed by atoms with Gasteiger partial charge < -0.3 is 19.9 Å². The largest absolute Gasteiger partial charge is 0.459 e. The molecule has 2 N–H and O–H groups in total. The summed E-state index contributed by atoms with van der Waals surface area (Å²) in [4.78, 5) is 24.7. The third-order valence-electron chi connectivity index (χ3n) is 4.72. The molecule has 148 valence electrons. The van der Waals surface area contributed by atoms with E-state index in [0.29, 0.717) is 5.56 Å². The van der Waals surface area contributed by atoms with E-state index in [1.165, 1.54) is 6.92 Å². The lowest BCUT2D eigenvalue weighted by Crippen LogP contribution is -2.54. The van der Waals surface area contributed by atoms with Gasteiger partial charge in [-0.1, -0.05) is 36.4 Å². The molecule has 1 unspecified atom stereocenters. The van der Waals surface area contributed by atoms with Crippen molar-refractivity contribution < 1.29 is 28.2 Å². The predicted octanol–water partition coefficient (Wildman–Crippen LogP) is 2.52. The first-order valence-corrected chi connectivity index (χ1v) is 8.97. The van der Waals surface area contributed by atoms with Gasteiger partial charge in [-0.3, -0.25) is 0 Å². The summed E-state index contributed by atoms with van der Waals surface area (Å²) in [7, 11) is 0. The van der Waals surface area contributed by atoms with Gasteiger partial charge in [0.1, 0.15) is 6.61 Å². The Morgan fingerprint density at radius 2 is 1.57 bits per heavy atom. The molecule has 0 radical (unpaired) electrons.